The number of ether oxygens (including phenoxy) is 1. The van der Waals surface area contributed by atoms with Gasteiger partial charge in [-0.15, -0.1) is 0 Å². The number of aromatic amines is 1. The average Bonchev–Trinajstić information content (AvgIpc) is 3.14. The summed E-state index contributed by atoms with van der Waals surface area (Å²) in [5, 5.41) is 1.40. The molecule has 3 aromatic rings. The van der Waals surface area contributed by atoms with Gasteiger partial charge in [0.1, 0.15) is 5.75 Å². The highest BCUT2D eigenvalue weighted by molar-refractivity contribution is 7.99. The summed E-state index contributed by atoms with van der Waals surface area (Å²) >= 11 is 7.43. The van der Waals surface area contributed by atoms with Crippen molar-refractivity contribution in [2.24, 2.45) is 0 Å². The van der Waals surface area contributed by atoms with Crippen LogP contribution in [-0.4, -0.2) is 59.8 Å². The van der Waals surface area contributed by atoms with Crippen molar-refractivity contribution in [1.29, 1.82) is 0 Å². The number of imidazole rings is 1. The van der Waals surface area contributed by atoms with Crippen molar-refractivity contribution in [3.05, 3.63) is 47.5 Å². The molecule has 6 nitrogen and oxygen atoms in total. The first-order valence-corrected chi connectivity index (χ1v) is 10.4. The summed E-state index contributed by atoms with van der Waals surface area (Å²) in [4.78, 5) is 24.5. The Bertz CT molecular complexity index is 968. The molecule has 8 heteroatoms. The number of carbonyl (C=O) groups excluding carboxylic acids is 1. The second-order valence-corrected chi connectivity index (χ2v) is 7.96. The van der Waals surface area contributed by atoms with E-state index in [9.17, 15) is 4.79 Å². The Hall–Kier alpha value is -2.38. The van der Waals surface area contributed by atoms with E-state index in [2.05, 4.69) is 27.0 Å². The summed E-state index contributed by atoms with van der Waals surface area (Å²) in [6.07, 6.45) is 0. The SMILES string of the molecule is COc1ccc(N2CCN(C(=O)CSc3nc4ccc(Cl)cc4[nH]3)CC2)cc1. The van der Waals surface area contributed by atoms with Gasteiger partial charge in [0.05, 0.1) is 23.9 Å². The molecule has 0 bridgehead atoms. The van der Waals surface area contributed by atoms with Crippen LogP contribution in [0.5, 0.6) is 5.75 Å². The predicted octanol–water partition coefficient (Wildman–Crippen LogP) is 3.67. The number of nitrogens with one attached hydrogen (secondary N) is 1. The van der Waals surface area contributed by atoms with Gasteiger partial charge in [-0.1, -0.05) is 23.4 Å². The zero-order valence-corrected chi connectivity index (χ0v) is 17.1. The number of benzene rings is 2. The van der Waals surface area contributed by atoms with Gasteiger partial charge in [-0.2, -0.15) is 0 Å². The van der Waals surface area contributed by atoms with Crippen molar-refractivity contribution in [3.63, 3.8) is 0 Å². The van der Waals surface area contributed by atoms with Crippen LogP contribution in [0.4, 0.5) is 5.69 Å². The number of H-pyrrole nitrogens is 1. The smallest absolute Gasteiger partial charge is 0.233 e. The molecule has 1 N–H and O–H groups in total. The third-order valence-electron chi connectivity index (χ3n) is 4.82. The van der Waals surface area contributed by atoms with Crippen molar-refractivity contribution >= 4 is 46.0 Å². The third-order valence-corrected chi connectivity index (χ3v) is 5.92. The summed E-state index contributed by atoms with van der Waals surface area (Å²) in [6.45, 7) is 3.10. The maximum Gasteiger partial charge on any atom is 0.233 e. The first-order valence-electron chi connectivity index (χ1n) is 9.07. The molecule has 0 radical (unpaired) electrons. The molecule has 28 heavy (non-hydrogen) atoms. The fraction of sp³-hybridized carbons (Fsp3) is 0.300. The molecule has 0 unspecified atom stereocenters. The van der Waals surface area contributed by atoms with E-state index in [0.29, 0.717) is 10.8 Å². The van der Waals surface area contributed by atoms with Crippen LogP contribution in [0.25, 0.3) is 11.0 Å². The molecule has 0 spiro atoms. The number of aromatic nitrogens is 2. The number of halogens is 1. The molecule has 146 valence electrons. The number of thioether (sulfide) groups is 1. The molecule has 1 aromatic heterocycles. The molecule has 1 aliphatic rings. The highest BCUT2D eigenvalue weighted by atomic mass is 35.5. The van der Waals surface area contributed by atoms with Crippen molar-refractivity contribution < 1.29 is 9.53 Å². The fourth-order valence-corrected chi connectivity index (χ4v) is 4.22. The van der Waals surface area contributed by atoms with Crippen molar-refractivity contribution in [2.45, 2.75) is 5.16 Å². The summed E-state index contributed by atoms with van der Waals surface area (Å²) < 4.78 is 5.21. The molecular formula is C20H21ClN4O2S. The van der Waals surface area contributed by atoms with E-state index in [4.69, 9.17) is 16.3 Å². The Kier molecular flexibility index (Phi) is 5.64. The summed E-state index contributed by atoms with van der Waals surface area (Å²) in [6, 6.07) is 13.6. The number of methoxy groups -OCH3 is 1. The molecule has 0 atom stereocenters. The minimum Gasteiger partial charge on any atom is -0.497 e. The van der Waals surface area contributed by atoms with Crippen LogP contribution in [-0.2, 0) is 4.79 Å². The molecule has 2 heterocycles. The molecule has 0 aliphatic carbocycles. The molecule has 2 aromatic carbocycles. The number of nitrogens with zero attached hydrogens (tertiary/aromatic N) is 3. The van der Waals surface area contributed by atoms with Crippen molar-refractivity contribution in [3.8, 4) is 5.75 Å². The quantitative estimate of drug-likeness (QED) is 0.643. The van der Waals surface area contributed by atoms with Gasteiger partial charge in [-0.3, -0.25) is 4.79 Å². The van der Waals surface area contributed by atoms with Gasteiger partial charge in [-0.05, 0) is 42.5 Å². The lowest BCUT2D eigenvalue weighted by Gasteiger charge is -2.36. The van der Waals surface area contributed by atoms with E-state index in [0.717, 1.165) is 53.8 Å². The first-order chi connectivity index (χ1) is 13.6. The molecule has 0 saturated carbocycles. The number of amides is 1. The van der Waals surface area contributed by atoms with Crippen LogP contribution in [0.3, 0.4) is 0 Å². The molecule has 4 rings (SSSR count). The molecular weight excluding hydrogens is 396 g/mol. The van der Waals surface area contributed by atoms with Crippen LogP contribution >= 0.6 is 23.4 Å². The third kappa shape index (κ3) is 4.20. The first kappa shape index (κ1) is 19.0. The number of rotatable bonds is 5. The van der Waals surface area contributed by atoms with Gasteiger partial charge in [0.25, 0.3) is 0 Å². The van der Waals surface area contributed by atoms with Crippen LogP contribution < -0.4 is 9.64 Å². The monoisotopic (exact) mass is 416 g/mol. The van der Waals surface area contributed by atoms with Crippen molar-refractivity contribution in [2.75, 3.05) is 43.9 Å². The van der Waals surface area contributed by atoms with Gasteiger partial charge >= 0.3 is 0 Å². The zero-order valence-electron chi connectivity index (χ0n) is 15.5. The van der Waals surface area contributed by atoms with Crippen molar-refractivity contribution in [1.82, 2.24) is 14.9 Å². The largest absolute Gasteiger partial charge is 0.497 e. The summed E-state index contributed by atoms with van der Waals surface area (Å²) in [7, 11) is 1.66. The summed E-state index contributed by atoms with van der Waals surface area (Å²) in [5.74, 6) is 1.36. The van der Waals surface area contributed by atoms with E-state index >= 15 is 0 Å². The minimum absolute atomic E-state index is 0.137. The van der Waals surface area contributed by atoms with E-state index < -0.39 is 0 Å². The van der Waals surface area contributed by atoms with E-state index in [1.807, 2.05) is 35.2 Å². The number of anilines is 1. The summed E-state index contributed by atoms with van der Waals surface area (Å²) in [5.41, 5.74) is 2.89. The molecule has 1 fully saturated rings. The Morgan fingerprint density at radius 2 is 1.93 bits per heavy atom. The minimum atomic E-state index is 0.137. The van der Waals surface area contributed by atoms with Gasteiger partial charge in [0.15, 0.2) is 5.16 Å². The van der Waals surface area contributed by atoms with E-state index in [-0.39, 0.29) is 5.91 Å². The van der Waals surface area contributed by atoms with Crippen LogP contribution in [0.1, 0.15) is 0 Å². The molecule has 1 aliphatic heterocycles. The Labute approximate surface area is 172 Å². The molecule has 1 amide bonds. The molecule has 1 saturated heterocycles. The average molecular weight is 417 g/mol. The van der Waals surface area contributed by atoms with E-state index in [1.165, 1.54) is 11.8 Å². The number of carbonyl (C=O) groups is 1. The topological polar surface area (TPSA) is 61.5 Å². The Morgan fingerprint density at radius 1 is 1.18 bits per heavy atom. The number of fused-ring (bicyclic) bond motifs is 1. The Balaban J connectivity index is 1.29. The standard InChI is InChI=1S/C20H21ClN4O2S/c1-27-16-5-3-15(4-6-16)24-8-10-25(11-9-24)19(26)13-28-20-22-17-7-2-14(21)12-18(17)23-20/h2-7,12H,8-11,13H2,1H3,(H,22,23). The number of hydrogen-bond donors (Lipinski definition) is 1. The highest BCUT2D eigenvalue weighted by Crippen LogP contribution is 2.23. The lowest BCUT2D eigenvalue weighted by atomic mass is 10.2. The second kappa shape index (κ2) is 8.32. The number of hydrogen-bond acceptors (Lipinski definition) is 5. The second-order valence-electron chi connectivity index (χ2n) is 6.56. The fourth-order valence-electron chi connectivity index (χ4n) is 3.26. The van der Waals surface area contributed by atoms with Crippen LogP contribution in [0.15, 0.2) is 47.6 Å². The van der Waals surface area contributed by atoms with Gasteiger partial charge in [-0.25, -0.2) is 4.98 Å². The van der Waals surface area contributed by atoms with Gasteiger partial charge < -0.3 is 19.5 Å². The van der Waals surface area contributed by atoms with Gasteiger partial charge in [0, 0.05) is 36.9 Å². The van der Waals surface area contributed by atoms with Crippen LogP contribution in [0.2, 0.25) is 5.02 Å². The van der Waals surface area contributed by atoms with Gasteiger partial charge in [0.2, 0.25) is 5.91 Å². The number of piperazine rings is 1. The van der Waals surface area contributed by atoms with E-state index in [1.54, 1.807) is 7.11 Å². The normalized spacial score (nSPS) is 14.5. The maximum atomic E-state index is 12.6. The zero-order chi connectivity index (χ0) is 19.5. The lowest BCUT2D eigenvalue weighted by molar-refractivity contribution is -0.128. The lowest BCUT2D eigenvalue weighted by Crippen LogP contribution is -2.49. The Morgan fingerprint density at radius 3 is 2.64 bits per heavy atom. The predicted molar refractivity (Wildman–Crippen MR) is 114 cm³/mol. The maximum absolute atomic E-state index is 12.6. The highest BCUT2D eigenvalue weighted by Gasteiger charge is 2.21. The van der Waals surface area contributed by atoms with Crippen LogP contribution in [0, 0.1) is 0 Å².